The average molecular weight is 256 g/mol. The molecule has 1 aromatic rings. The highest BCUT2D eigenvalue weighted by Crippen LogP contribution is 2.27. The number of benzene rings is 1. The molecule has 0 aliphatic carbocycles. The van der Waals surface area contributed by atoms with Crippen LogP contribution in [-0.4, -0.2) is 7.11 Å². The van der Waals surface area contributed by atoms with Crippen LogP contribution < -0.4 is 10.5 Å². The minimum atomic E-state index is 0. The van der Waals surface area contributed by atoms with Gasteiger partial charge >= 0.3 is 0 Å². The van der Waals surface area contributed by atoms with Crippen LogP contribution in [0.2, 0.25) is 0 Å². The van der Waals surface area contributed by atoms with E-state index in [1.807, 2.05) is 6.08 Å². The maximum Gasteiger partial charge on any atom is 0.124 e. The lowest BCUT2D eigenvalue weighted by Gasteiger charge is -2.15. The van der Waals surface area contributed by atoms with E-state index in [-0.39, 0.29) is 18.4 Å². The van der Waals surface area contributed by atoms with Crippen LogP contribution in [-0.2, 0) is 0 Å². The first-order valence-electron chi connectivity index (χ1n) is 5.61. The molecule has 3 heteroatoms. The standard InChI is InChI=1S/C14H21NO.ClH/c1-5-6-7-13(15)12-8-10(2)14(16-4)11(3)9-12;/h5,8-9,13H,1,6-7,15H2,2-4H3;1H/t13-;/m0./s1. The topological polar surface area (TPSA) is 35.2 Å². The van der Waals surface area contributed by atoms with Gasteiger partial charge in [-0.2, -0.15) is 0 Å². The molecule has 1 atom stereocenters. The monoisotopic (exact) mass is 255 g/mol. The van der Waals surface area contributed by atoms with Crippen LogP contribution in [0, 0.1) is 13.8 Å². The molecule has 0 spiro atoms. The second-order valence-corrected chi connectivity index (χ2v) is 4.16. The third-order valence-corrected chi connectivity index (χ3v) is 2.80. The number of hydrogen-bond acceptors (Lipinski definition) is 2. The van der Waals surface area contributed by atoms with Gasteiger partial charge in [-0.1, -0.05) is 18.2 Å². The van der Waals surface area contributed by atoms with E-state index < -0.39 is 0 Å². The fraction of sp³-hybridized carbons (Fsp3) is 0.429. The van der Waals surface area contributed by atoms with Gasteiger partial charge in [0.05, 0.1) is 7.11 Å². The minimum absolute atomic E-state index is 0. The number of rotatable bonds is 5. The van der Waals surface area contributed by atoms with Crippen molar-refractivity contribution in [2.75, 3.05) is 7.11 Å². The van der Waals surface area contributed by atoms with E-state index in [0.29, 0.717) is 0 Å². The predicted octanol–water partition coefficient (Wildman–Crippen LogP) is 3.70. The molecule has 0 aromatic heterocycles. The van der Waals surface area contributed by atoms with Gasteiger partial charge < -0.3 is 10.5 Å². The van der Waals surface area contributed by atoms with Crippen molar-refractivity contribution in [3.63, 3.8) is 0 Å². The van der Waals surface area contributed by atoms with Crippen LogP contribution in [0.5, 0.6) is 5.75 Å². The molecule has 0 aliphatic heterocycles. The summed E-state index contributed by atoms with van der Waals surface area (Å²) in [4.78, 5) is 0. The molecule has 1 rings (SSSR count). The molecule has 0 heterocycles. The maximum absolute atomic E-state index is 6.12. The van der Waals surface area contributed by atoms with Crippen molar-refractivity contribution in [1.82, 2.24) is 0 Å². The molecule has 17 heavy (non-hydrogen) atoms. The van der Waals surface area contributed by atoms with Gasteiger partial charge in [-0.25, -0.2) is 0 Å². The Hall–Kier alpha value is -0.990. The average Bonchev–Trinajstić information content (AvgIpc) is 2.25. The molecule has 0 bridgehead atoms. The Morgan fingerprint density at radius 1 is 1.35 bits per heavy atom. The van der Waals surface area contributed by atoms with Crippen LogP contribution in [0.3, 0.4) is 0 Å². The van der Waals surface area contributed by atoms with Crippen molar-refractivity contribution in [3.05, 3.63) is 41.5 Å². The summed E-state index contributed by atoms with van der Waals surface area (Å²) in [7, 11) is 1.70. The van der Waals surface area contributed by atoms with Crippen molar-refractivity contribution in [2.24, 2.45) is 5.73 Å². The Morgan fingerprint density at radius 2 is 1.88 bits per heavy atom. The first kappa shape index (κ1) is 16.0. The third kappa shape index (κ3) is 4.06. The number of ether oxygens (including phenoxy) is 1. The lowest BCUT2D eigenvalue weighted by Crippen LogP contribution is -2.10. The molecular weight excluding hydrogens is 234 g/mol. The molecule has 0 fully saturated rings. The van der Waals surface area contributed by atoms with Gasteiger partial charge in [0.15, 0.2) is 0 Å². The summed E-state index contributed by atoms with van der Waals surface area (Å²) in [6.07, 6.45) is 3.79. The van der Waals surface area contributed by atoms with E-state index in [9.17, 15) is 0 Å². The first-order valence-corrected chi connectivity index (χ1v) is 5.61. The predicted molar refractivity (Wildman–Crippen MR) is 76.1 cm³/mol. The van der Waals surface area contributed by atoms with Crippen LogP contribution in [0.15, 0.2) is 24.8 Å². The molecule has 2 nitrogen and oxygen atoms in total. The Bertz CT molecular complexity index is 353. The summed E-state index contributed by atoms with van der Waals surface area (Å²) in [6, 6.07) is 4.31. The normalized spacial score (nSPS) is 11.5. The lowest BCUT2D eigenvalue weighted by molar-refractivity contribution is 0.408. The number of halogens is 1. The van der Waals surface area contributed by atoms with Crippen LogP contribution in [0.25, 0.3) is 0 Å². The Balaban J connectivity index is 0.00000256. The summed E-state index contributed by atoms with van der Waals surface area (Å²) in [6.45, 7) is 7.82. The van der Waals surface area contributed by atoms with Crippen LogP contribution in [0.4, 0.5) is 0 Å². The van der Waals surface area contributed by atoms with Crippen molar-refractivity contribution < 1.29 is 4.74 Å². The second-order valence-electron chi connectivity index (χ2n) is 4.16. The molecule has 96 valence electrons. The molecule has 0 aliphatic rings. The molecule has 0 unspecified atom stereocenters. The fourth-order valence-corrected chi connectivity index (χ4v) is 1.98. The summed E-state index contributed by atoms with van der Waals surface area (Å²) < 4.78 is 5.33. The van der Waals surface area contributed by atoms with E-state index in [0.717, 1.165) is 29.7 Å². The highest BCUT2D eigenvalue weighted by molar-refractivity contribution is 5.85. The smallest absolute Gasteiger partial charge is 0.124 e. The Labute approximate surface area is 110 Å². The van der Waals surface area contributed by atoms with Crippen molar-refractivity contribution in [1.29, 1.82) is 0 Å². The summed E-state index contributed by atoms with van der Waals surface area (Å²) in [5.41, 5.74) is 9.59. The van der Waals surface area contributed by atoms with E-state index in [1.54, 1.807) is 7.11 Å². The first-order chi connectivity index (χ1) is 7.60. The van der Waals surface area contributed by atoms with Crippen LogP contribution in [0.1, 0.15) is 35.6 Å². The van der Waals surface area contributed by atoms with Crippen molar-refractivity contribution in [2.45, 2.75) is 32.7 Å². The number of allylic oxidation sites excluding steroid dienone is 1. The van der Waals surface area contributed by atoms with E-state index in [1.165, 1.54) is 5.56 Å². The molecule has 1 aromatic carbocycles. The molecule has 2 N–H and O–H groups in total. The number of methoxy groups -OCH3 is 1. The summed E-state index contributed by atoms with van der Waals surface area (Å²) >= 11 is 0. The molecule has 0 amide bonds. The number of hydrogen-bond donors (Lipinski definition) is 1. The van der Waals surface area contributed by atoms with Gasteiger partial charge in [-0.05, 0) is 43.4 Å². The number of nitrogens with two attached hydrogens (primary N) is 1. The highest BCUT2D eigenvalue weighted by atomic mass is 35.5. The highest BCUT2D eigenvalue weighted by Gasteiger charge is 2.10. The Kier molecular flexibility index (Phi) is 6.93. The largest absolute Gasteiger partial charge is 0.496 e. The Morgan fingerprint density at radius 3 is 2.29 bits per heavy atom. The van der Waals surface area contributed by atoms with E-state index >= 15 is 0 Å². The van der Waals surface area contributed by atoms with Gasteiger partial charge in [0, 0.05) is 6.04 Å². The minimum Gasteiger partial charge on any atom is -0.496 e. The molecule has 0 radical (unpaired) electrons. The SMILES string of the molecule is C=CCC[C@H](N)c1cc(C)c(OC)c(C)c1.Cl. The van der Waals surface area contributed by atoms with Gasteiger partial charge in [0.1, 0.15) is 5.75 Å². The van der Waals surface area contributed by atoms with E-state index in [4.69, 9.17) is 10.5 Å². The summed E-state index contributed by atoms with van der Waals surface area (Å²) in [5, 5.41) is 0. The van der Waals surface area contributed by atoms with Crippen molar-refractivity contribution >= 4 is 12.4 Å². The summed E-state index contributed by atoms with van der Waals surface area (Å²) in [5.74, 6) is 0.958. The third-order valence-electron chi connectivity index (χ3n) is 2.80. The van der Waals surface area contributed by atoms with Gasteiger partial charge in [0.2, 0.25) is 0 Å². The zero-order chi connectivity index (χ0) is 12.1. The molecular formula is C14H22ClNO. The van der Waals surface area contributed by atoms with E-state index in [2.05, 4.69) is 32.6 Å². The lowest BCUT2D eigenvalue weighted by atomic mass is 9.98. The number of aryl methyl sites for hydroxylation is 2. The quantitative estimate of drug-likeness (QED) is 0.815. The molecule has 0 saturated carbocycles. The van der Waals surface area contributed by atoms with Gasteiger partial charge in [-0.15, -0.1) is 19.0 Å². The second kappa shape index (κ2) is 7.36. The van der Waals surface area contributed by atoms with Crippen LogP contribution >= 0.6 is 12.4 Å². The van der Waals surface area contributed by atoms with Gasteiger partial charge in [0.25, 0.3) is 0 Å². The fourth-order valence-electron chi connectivity index (χ4n) is 1.98. The molecule has 0 saturated heterocycles. The van der Waals surface area contributed by atoms with Gasteiger partial charge in [-0.3, -0.25) is 0 Å². The maximum atomic E-state index is 6.12. The van der Waals surface area contributed by atoms with Crippen molar-refractivity contribution in [3.8, 4) is 5.75 Å². The zero-order valence-corrected chi connectivity index (χ0v) is 11.6. The zero-order valence-electron chi connectivity index (χ0n) is 10.8.